The topological polar surface area (TPSA) is 45.9 Å². The van der Waals surface area contributed by atoms with E-state index in [1.165, 1.54) is 42.7 Å². The van der Waals surface area contributed by atoms with Gasteiger partial charge in [-0.15, -0.1) is 11.3 Å². The van der Waals surface area contributed by atoms with E-state index in [0.29, 0.717) is 51.4 Å². The number of nitrogens with zero attached hydrogens (tertiary/aromatic N) is 2. The van der Waals surface area contributed by atoms with Gasteiger partial charge in [-0.25, -0.2) is 13.6 Å². The predicted octanol–water partition coefficient (Wildman–Crippen LogP) is 5.21. The van der Waals surface area contributed by atoms with Gasteiger partial charge < -0.3 is 15.0 Å². The summed E-state index contributed by atoms with van der Waals surface area (Å²) in [4.78, 5) is 19.6. The van der Waals surface area contributed by atoms with Gasteiger partial charge in [0.2, 0.25) is 5.69 Å². The van der Waals surface area contributed by atoms with E-state index >= 15 is 0 Å². The zero-order valence-corrected chi connectivity index (χ0v) is 18.7. The molecule has 5 rings (SSSR count). The number of rotatable bonds is 4. The number of nitrogens with one attached hydrogen (secondary N) is 1. The van der Waals surface area contributed by atoms with E-state index in [9.17, 15) is 13.6 Å². The summed E-state index contributed by atoms with van der Waals surface area (Å²) in [5.74, 6) is -0.144. The lowest BCUT2D eigenvalue weighted by Crippen LogP contribution is -2.31. The molecule has 1 aromatic heterocycles. The molecule has 8 heteroatoms. The highest BCUT2D eigenvalue weighted by molar-refractivity contribution is 7.18. The molecule has 2 aromatic carbocycles. The first-order valence-electron chi connectivity index (χ1n) is 10.6. The van der Waals surface area contributed by atoms with E-state index in [2.05, 4.69) is 10.2 Å². The fourth-order valence-corrected chi connectivity index (χ4v) is 5.82. The molecule has 3 heterocycles. The minimum absolute atomic E-state index is 0.0610. The molecule has 2 atom stereocenters. The quantitative estimate of drug-likeness (QED) is 0.538. The van der Waals surface area contributed by atoms with Crippen LogP contribution >= 0.6 is 11.3 Å². The average molecular weight is 466 g/mol. The van der Waals surface area contributed by atoms with Crippen molar-refractivity contribution in [2.24, 2.45) is 11.8 Å². The van der Waals surface area contributed by atoms with Gasteiger partial charge in [0.1, 0.15) is 5.82 Å². The van der Waals surface area contributed by atoms with Crippen LogP contribution in [0.15, 0.2) is 42.5 Å². The van der Waals surface area contributed by atoms with Crippen LogP contribution in [-0.4, -0.2) is 44.1 Å². The molecular formula is C25H21F2N3O2S. The third-order valence-electron chi connectivity index (χ3n) is 6.41. The number of halogens is 2. The molecule has 0 spiro atoms. The van der Waals surface area contributed by atoms with Crippen molar-refractivity contribution in [3.05, 3.63) is 70.4 Å². The highest BCUT2D eigenvalue weighted by Crippen LogP contribution is 2.42. The third kappa shape index (κ3) is 3.88. The van der Waals surface area contributed by atoms with Crippen molar-refractivity contribution in [1.29, 1.82) is 0 Å². The molecule has 33 heavy (non-hydrogen) atoms. The monoisotopic (exact) mass is 465 g/mol. The maximum Gasteiger partial charge on any atom is 0.263 e. The van der Waals surface area contributed by atoms with Crippen LogP contribution in [0, 0.1) is 30.0 Å². The molecule has 2 fully saturated rings. The molecule has 0 aliphatic carbocycles. The molecule has 0 radical (unpaired) electrons. The van der Waals surface area contributed by atoms with E-state index < -0.39 is 11.6 Å². The number of likely N-dealkylation sites (tertiary alicyclic amines) is 1. The van der Waals surface area contributed by atoms with E-state index in [1.54, 1.807) is 18.2 Å². The van der Waals surface area contributed by atoms with Gasteiger partial charge in [0.05, 0.1) is 18.6 Å². The van der Waals surface area contributed by atoms with Crippen LogP contribution in [0.5, 0.6) is 5.75 Å². The Kier molecular flexibility index (Phi) is 5.60. The van der Waals surface area contributed by atoms with E-state index in [0.717, 1.165) is 13.1 Å². The van der Waals surface area contributed by atoms with Crippen LogP contribution in [-0.2, 0) is 0 Å². The lowest BCUT2D eigenvalue weighted by molar-refractivity contribution is 0.0786. The molecule has 2 unspecified atom stereocenters. The van der Waals surface area contributed by atoms with Gasteiger partial charge >= 0.3 is 0 Å². The summed E-state index contributed by atoms with van der Waals surface area (Å²) in [6.07, 6.45) is 0. The van der Waals surface area contributed by atoms with Crippen LogP contribution in [0.25, 0.3) is 26.4 Å². The number of methoxy groups -OCH3 is 1. The van der Waals surface area contributed by atoms with Gasteiger partial charge in [-0.2, -0.15) is 0 Å². The summed E-state index contributed by atoms with van der Waals surface area (Å²) in [7, 11) is 1.40. The Morgan fingerprint density at radius 2 is 1.79 bits per heavy atom. The second kappa shape index (κ2) is 8.58. The van der Waals surface area contributed by atoms with Crippen molar-refractivity contribution < 1.29 is 18.3 Å². The highest BCUT2D eigenvalue weighted by atomic mass is 32.1. The second-order valence-electron chi connectivity index (χ2n) is 8.37. The van der Waals surface area contributed by atoms with Crippen LogP contribution in [0.1, 0.15) is 9.67 Å². The van der Waals surface area contributed by atoms with Crippen molar-refractivity contribution in [3.63, 3.8) is 0 Å². The van der Waals surface area contributed by atoms with Gasteiger partial charge in [0, 0.05) is 36.6 Å². The van der Waals surface area contributed by atoms with E-state index in [1.807, 2.05) is 4.90 Å². The predicted molar refractivity (Wildman–Crippen MR) is 124 cm³/mol. The summed E-state index contributed by atoms with van der Waals surface area (Å²) in [6, 6.07) is 10.7. The molecule has 2 saturated heterocycles. The zero-order valence-electron chi connectivity index (χ0n) is 17.9. The Morgan fingerprint density at radius 3 is 2.42 bits per heavy atom. The van der Waals surface area contributed by atoms with E-state index in [4.69, 9.17) is 11.3 Å². The number of hydrogen-bond donors (Lipinski definition) is 1. The normalized spacial score (nSPS) is 19.4. The van der Waals surface area contributed by atoms with Crippen molar-refractivity contribution in [2.75, 3.05) is 33.3 Å². The number of hydrogen-bond acceptors (Lipinski definition) is 4. The first-order valence-corrected chi connectivity index (χ1v) is 11.4. The Balaban J connectivity index is 1.57. The minimum Gasteiger partial charge on any atom is -0.494 e. The Bertz CT molecular complexity index is 1270. The van der Waals surface area contributed by atoms with Gasteiger partial charge in [-0.05, 0) is 53.3 Å². The standard InChI is InChI=1S/C25H21F2N3O2S/c1-28-21-5-3-14(7-19(21)26)18-9-23(25(31)30-12-16-10-29-11-17(16)13-30)33-24(18)15-4-6-22(32-2)20(27)8-15/h3-9,16-17,29H,10-13H2,2H3. The molecular weight excluding hydrogens is 444 g/mol. The van der Waals surface area contributed by atoms with Gasteiger partial charge in [-0.3, -0.25) is 4.79 Å². The molecule has 5 nitrogen and oxygen atoms in total. The number of benzene rings is 2. The van der Waals surface area contributed by atoms with Gasteiger partial charge in [0.15, 0.2) is 11.6 Å². The molecule has 0 saturated carbocycles. The minimum atomic E-state index is -0.631. The molecule has 1 N–H and O–H groups in total. The Labute approximate surface area is 194 Å². The van der Waals surface area contributed by atoms with Crippen LogP contribution in [0.2, 0.25) is 0 Å². The number of thiophene rings is 1. The van der Waals surface area contributed by atoms with Crippen molar-refractivity contribution in [2.45, 2.75) is 0 Å². The number of ether oxygens (including phenoxy) is 1. The van der Waals surface area contributed by atoms with Crippen LogP contribution in [0.4, 0.5) is 14.5 Å². The summed E-state index contributed by atoms with van der Waals surface area (Å²) in [6.45, 7) is 10.4. The largest absolute Gasteiger partial charge is 0.494 e. The first kappa shape index (κ1) is 21.6. The molecule has 0 bridgehead atoms. The second-order valence-corrected chi connectivity index (χ2v) is 9.42. The Hall–Kier alpha value is -3.28. The fraction of sp³-hybridized carbons (Fsp3) is 0.280. The van der Waals surface area contributed by atoms with Gasteiger partial charge in [0.25, 0.3) is 5.91 Å². The Morgan fingerprint density at radius 1 is 1.09 bits per heavy atom. The van der Waals surface area contributed by atoms with Crippen LogP contribution < -0.4 is 10.1 Å². The molecule has 2 aliphatic heterocycles. The number of amides is 1. The number of fused-ring (bicyclic) bond motifs is 1. The van der Waals surface area contributed by atoms with E-state index in [-0.39, 0.29) is 17.3 Å². The number of carbonyl (C=O) groups excluding carboxylic acids is 1. The summed E-state index contributed by atoms with van der Waals surface area (Å²) in [5, 5.41) is 3.37. The smallest absolute Gasteiger partial charge is 0.263 e. The lowest BCUT2D eigenvalue weighted by Gasteiger charge is -2.16. The molecule has 2 aliphatic rings. The molecule has 1 amide bonds. The van der Waals surface area contributed by atoms with Crippen molar-refractivity contribution >= 4 is 22.9 Å². The van der Waals surface area contributed by atoms with Gasteiger partial charge in [-0.1, -0.05) is 12.1 Å². The molecule has 3 aromatic rings. The summed E-state index contributed by atoms with van der Waals surface area (Å²) in [5.41, 5.74) is 1.66. The summed E-state index contributed by atoms with van der Waals surface area (Å²) >= 11 is 1.27. The molecule has 168 valence electrons. The van der Waals surface area contributed by atoms with Crippen LogP contribution in [0.3, 0.4) is 0 Å². The maximum atomic E-state index is 14.5. The first-order chi connectivity index (χ1) is 16.0. The number of carbonyl (C=O) groups is 1. The SMILES string of the molecule is [C-]#[N+]c1ccc(-c2cc(C(=O)N3CC4CNCC4C3)sc2-c2ccc(OC)c(F)c2)cc1F. The summed E-state index contributed by atoms with van der Waals surface area (Å²) < 4.78 is 33.9. The average Bonchev–Trinajstić information content (AvgIpc) is 3.53. The maximum absolute atomic E-state index is 14.5. The zero-order chi connectivity index (χ0) is 23.1. The lowest BCUT2D eigenvalue weighted by atomic mass is 10.0. The fourth-order valence-electron chi connectivity index (χ4n) is 4.68. The highest BCUT2D eigenvalue weighted by Gasteiger charge is 2.38. The van der Waals surface area contributed by atoms with Crippen molar-refractivity contribution in [1.82, 2.24) is 10.2 Å². The third-order valence-corrected chi connectivity index (χ3v) is 7.58. The van der Waals surface area contributed by atoms with Crippen molar-refractivity contribution in [3.8, 4) is 27.3 Å².